The van der Waals surface area contributed by atoms with Gasteiger partial charge in [0.1, 0.15) is 5.75 Å². The minimum Gasteiger partial charge on any atom is -0.497 e. The molecule has 0 amide bonds. The summed E-state index contributed by atoms with van der Waals surface area (Å²) in [5.74, 6) is 2.55. The summed E-state index contributed by atoms with van der Waals surface area (Å²) in [7, 11) is 1.73. The molecular formula is C17H27NO. The number of nitrogens with one attached hydrogen (secondary N) is 1. The number of methoxy groups -OCH3 is 1. The van der Waals surface area contributed by atoms with Crippen molar-refractivity contribution in [1.82, 2.24) is 5.32 Å². The highest BCUT2D eigenvalue weighted by molar-refractivity contribution is 5.37. The van der Waals surface area contributed by atoms with Gasteiger partial charge in [0.25, 0.3) is 0 Å². The van der Waals surface area contributed by atoms with Crippen molar-refractivity contribution in [2.45, 2.75) is 46.1 Å². The second-order valence-electron chi connectivity index (χ2n) is 5.83. The Morgan fingerprint density at radius 1 is 1.37 bits per heavy atom. The summed E-state index contributed by atoms with van der Waals surface area (Å²) in [6.45, 7) is 7.83. The van der Waals surface area contributed by atoms with Gasteiger partial charge in [-0.05, 0) is 55.0 Å². The molecule has 106 valence electrons. The molecule has 1 aliphatic carbocycles. The molecule has 0 aliphatic heterocycles. The van der Waals surface area contributed by atoms with Crippen molar-refractivity contribution in [2.24, 2.45) is 11.8 Å². The Balaban J connectivity index is 2.28. The summed E-state index contributed by atoms with van der Waals surface area (Å²) in [6.07, 6.45) is 4.11. The number of benzene rings is 1. The fourth-order valence-corrected chi connectivity index (χ4v) is 3.51. The van der Waals surface area contributed by atoms with Gasteiger partial charge in [-0.1, -0.05) is 32.8 Å². The van der Waals surface area contributed by atoms with Crippen molar-refractivity contribution >= 4 is 0 Å². The van der Waals surface area contributed by atoms with Crippen molar-refractivity contribution in [3.63, 3.8) is 0 Å². The molecule has 0 saturated heterocycles. The van der Waals surface area contributed by atoms with Crippen molar-refractivity contribution in [1.29, 1.82) is 0 Å². The summed E-state index contributed by atoms with van der Waals surface area (Å²) in [5, 5.41) is 3.71. The fraction of sp³-hybridized carbons (Fsp3) is 0.647. The molecule has 3 unspecified atom stereocenters. The van der Waals surface area contributed by atoms with Crippen molar-refractivity contribution in [3.05, 3.63) is 29.3 Å². The SMILES string of the molecule is CCNC(c1ccc(OC)cc1C)C1CCCC1C. The lowest BCUT2D eigenvalue weighted by atomic mass is 9.84. The first kappa shape index (κ1) is 14.4. The van der Waals surface area contributed by atoms with E-state index in [0.29, 0.717) is 6.04 Å². The van der Waals surface area contributed by atoms with E-state index in [2.05, 4.69) is 44.3 Å². The largest absolute Gasteiger partial charge is 0.497 e. The van der Waals surface area contributed by atoms with Gasteiger partial charge in [-0.2, -0.15) is 0 Å². The molecule has 19 heavy (non-hydrogen) atoms. The van der Waals surface area contributed by atoms with Crippen LogP contribution < -0.4 is 10.1 Å². The Morgan fingerprint density at radius 2 is 2.16 bits per heavy atom. The zero-order valence-corrected chi connectivity index (χ0v) is 12.7. The van der Waals surface area contributed by atoms with E-state index >= 15 is 0 Å². The lowest BCUT2D eigenvalue weighted by Gasteiger charge is -2.29. The third-order valence-corrected chi connectivity index (χ3v) is 4.59. The molecule has 0 aromatic heterocycles. The molecule has 1 fully saturated rings. The maximum atomic E-state index is 5.32. The lowest BCUT2D eigenvalue weighted by Crippen LogP contribution is -2.30. The summed E-state index contributed by atoms with van der Waals surface area (Å²) < 4.78 is 5.32. The first-order valence-corrected chi connectivity index (χ1v) is 7.55. The minimum absolute atomic E-state index is 0.494. The summed E-state index contributed by atoms with van der Waals surface area (Å²) in [5.41, 5.74) is 2.78. The van der Waals surface area contributed by atoms with Gasteiger partial charge in [-0.15, -0.1) is 0 Å². The van der Waals surface area contributed by atoms with Crippen LogP contribution in [0.5, 0.6) is 5.75 Å². The van der Waals surface area contributed by atoms with Crippen LogP contribution in [-0.2, 0) is 0 Å². The summed E-state index contributed by atoms with van der Waals surface area (Å²) >= 11 is 0. The predicted molar refractivity (Wildman–Crippen MR) is 80.7 cm³/mol. The van der Waals surface area contributed by atoms with Gasteiger partial charge >= 0.3 is 0 Å². The molecule has 0 heterocycles. The zero-order valence-electron chi connectivity index (χ0n) is 12.7. The van der Waals surface area contributed by atoms with E-state index < -0.39 is 0 Å². The highest BCUT2D eigenvalue weighted by Gasteiger charge is 2.32. The third kappa shape index (κ3) is 3.11. The Hall–Kier alpha value is -1.02. The summed E-state index contributed by atoms with van der Waals surface area (Å²) in [6, 6.07) is 6.98. The lowest BCUT2D eigenvalue weighted by molar-refractivity contribution is 0.304. The van der Waals surface area contributed by atoms with Crippen LogP contribution in [0.3, 0.4) is 0 Å². The normalized spacial score (nSPS) is 24.4. The van der Waals surface area contributed by atoms with Crippen molar-refractivity contribution in [3.8, 4) is 5.75 Å². The summed E-state index contributed by atoms with van der Waals surface area (Å²) in [4.78, 5) is 0. The Bertz CT molecular complexity index is 416. The van der Waals surface area contributed by atoms with E-state index in [1.54, 1.807) is 7.11 Å². The molecule has 2 rings (SSSR count). The van der Waals surface area contributed by atoms with Gasteiger partial charge in [-0.3, -0.25) is 0 Å². The van der Waals surface area contributed by atoms with Crippen LogP contribution in [0.1, 0.15) is 50.3 Å². The predicted octanol–water partition coefficient (Wildman–Crippen LogP) is 4.09. The molecule has 1 saturated carbocycles. The molecule has 1 aliphatic rings. The zero-order chi connectivity index (χ0) is 13.8. The number of aryl methyl sites for hydroxylation is 1. The average Bonchev–Trinajstić information content (AvgIpc) is 2.82. The molecule has 2 nitrogen and oxygen atoms in total. The Kier molecular flexibility index (Phi) is 4.87. The van der Waals surface area contributed by atoms with E-state index in [1.807, 2.05) is 0 Å². The highest BCUT2D eigenvalue weighted by atomic mass is 16.5. The number of hydrogen-bond acceptors (Lipinski definition) is 2. The van der Waals surface area contributed by atoms with Gasteiger partial charge in [0.15, 0.2) is 0 Å². The second-order valence-corrected chi connectivity index (χ2v) is 5.83. The minimum atomic E-state index is 0.494. The van der Waals surface area contributed by atoms with E-state index in [0.717, 1.165) is 24.1 Å². The maximum Gasteiger partial charge on any atom is 0.119 e. The molecule has 0 bridgehead atoms. The average molecular weight is 261 g/mol. The van der Waals surface area contributed by atoms with E-state index in [1.165, 1.54) is 30.4 Å². The second kappa shape index (κ2) is 6.42. The number of hydrogen-bond donors (Lipinski definition) is 1. The first-order chi connectivity index (χ1) is 9.17. The monoisotopic (exact) mass is 261 g/mol. The molecule has 1 aromatic carbocycles. The van der Waals surface area contributed by atoms with Crippen LogP contribution in [0.4, 0.5) is 0 Å². The van der Waals surface area contributed by atoms with Gasteiger partial charge < -0.3 is 10.1 Å². The van der Waals surface area contributed by atoms with Gasteiger partial charge in [-0.25, -0.2) is 0 Å². The quantitative estimate of drug-likeness (QED) is 0.862. The van der Waals surface area contributed by atoms with E-state index in [4.69, 9.17) is 4.74 Å². The van der Waals surface area contributed by atoms with Gasteiger partial charge in [0, 0.05) is 6.04 Å². The molecule has 3 atom stereocenters. The van der Waals surface area contributed by atoms with E-state index in [9.17, 15) is 0 Å². The third-order valence-electron chi connectivity index (χ3n) is 4.59. The molecular weight excluding hydrogens is 234 g/mol. The van der Waals surface area contributed by atoms with Crippen LogP contribution >= 0.6 is 0 Å². The first-order valence-electron chi connectivity index (χ1n) is 7.55. The van der Waals surface area contributed by atoms with Crippen molar-refractivity contribution in [2.75, 3.05) is 13.7 Å². The molecule has 0 spiro atoms. The fourth-order valence-electron chi connectivity index (χ4n) is 3.51. The van der Waals surface area contributed by atoms with Crippen LogP contribution in [0.2, 0.25) is 0 Å². The standard InChI is InChI=1S/C17H27NO/c1-5-18-17(15-8-6-7-12(15)2)16-10-9-14(19-4)11-13(16)3/h9-12,15,17-18H,5-8H2,1-4H3. The number of ether oxygens (including phenoxy) is 1. The van der Waals surface area contributed by atoms with E-state index in [-0.39, 0.29) is 0 Å². The van der Waals surface area contributed by atoms with Gasteiger partial charge in [0.2, 0.25) is 0 Å². The number of rotatable bonds is 5. The van der Waals surface area contributed by atoms with Gasteiger partial charge in [0.05, 0.1) is 7.11 Å². The van der Waals surface area contributed by atoms with Crippen molar-refractivity contribution < 1.29 is 4.74 Å². The topological polar surface area (TPSA) is 21.3 Å². The highest BCUT2D eigenvalue weighted by Crippen LogP contribution is 2.41. The van der Waals surface area contributed by atoms with Crippen LogP contribution in [0.25, 0.3) is 0 Å². The van der Waals surface area contributed by atoms with Crippen LogP contribution in [-0.4, -0.2) is 13.7 Å². The van der Waals surface area contributed by atoms with Crippen LogP contribution in [0.15, 0.2) is 18.2 Å². The smallest absolute Gasteiger partial charge is 0.119 e. The molecule has 0 radical (unpaired) electrons. The maximum absolute atomic E-state index is 5.32. The Labute approximate surface area is 117 Å². The molecule has 2 heteroatoms. The molecule has 1 aromatic rings. The van der Waals surface area contributed by atoms with Crippen LogP contribution in [0, 0.1) is 18.8 Å². The molecule has 1 N–H and O–H groups in total. The Morgan fingerprint density at radius 3 is 2.68 bits per heavy atom.